The minimum atomic E-state index is -4.00. The molecule has 4 rings (SSSR count). The molecule has 0 bridgehead atoms. The van der Waals surface area contributed by atoms with Crippen LogP contribution in [0.5, 0.6) is 0 Å². The van der Waals surface area contributed by atoms with Crippen molar-refractivity contribution < 1.29 is 17.7 Å². The number of hydrogen-bond acceptors (Lipinski definition) is 9. The predicted octanol–water partition coefficient (Wildman–Crippen LogP) is 3.31. The number of carbonyl (C=O) groups excluding carboxylic acids is 1. The van der Waals surface area contributed by atoms with Crippen molar-refractivity contribution in [2.45, 2.75) is 10.9 Å². The highest BCUT2D eigenvalue weighted by atomic mass is 35.5. The van der Waals surface area contributed by atoms with Crippen LogP contribution in [0.3, 0.4) is 0 Å². The molecule has 10 nitrogen and oxygen atoms in total. The van der Waals surface area contributed by atoms with Crippen molar-refractivity contribution in [2.24, 2.45) is 0 Å². The summed E-state index contributed by atoms with van der Waals surface area (Å²) in [6, 6.07) is 15.4. The van der Waals surface area contributed by atoms with E-state index in [4.69, 9.17) is 16.1 Å². The third-order valence-electron chi connectivity index (χ3n) is 4.22. The lowest BCUT2D eigenvalue weighted by Crippen LogP contribution is -2.26. The minimum absolute atomic E-state index is 0.0427. The van der Waals surface area contributed by atoms with Crippen LogP contribution in [0.2, 0.25) is 5.02 Å². The number of hydrogen-bond donors (Lipinski definition) is 1. The number of carbonyl (C=O) groups is 1. The normalized spacial score (nSPS) is 11.6. The van der Waals surface area contributed by atoms with Crippen LogP contribution in [-0.2, 0) is 16.6 Å². The average Bonchev–Trinajstić information content (AvgIpc) is 3.45. The van der Waals surface area contributed by atoms with Gasteiger partial charge in [-0.15, -0.1) is 10.2 Å². The Hall–Kier alpha value is -3.19. The molecule has 13 heteroatoms. The maximum absolute atomic E-state index is 12.8. The molecule has 0 atom stereocenters. The minimum Gasteiger partial charge on any atom is -0.338 e. The molecule has 2 aromatic carbocycles. The molecule has 164 valence electrons. The van der Waals surface area contributed by atoms with Gasteiger partial charge in [-0.05, 0) is 24.3 Å². The maximum Gasteiger partial charge on any atom is 0.272 e. The number of rotatable bonds is 7. The monoisotopic (exact) mass is 490 g/mol. The quantitative estimate of drug-likeness (QED) is 0.390. The standard InChI is InChI=1S/C19H15ClN6O4S2/c1-26(11-15-21-16(25-30-15)12-5-3-2-4-6-12)32(28,29)19-24-23-18(31-19)22-17(27)13-7-9-14(20)10-8-13/h2-10H,11H2,1H3,(H,22,23,27). The van der Waals surface area contributed by atoms with Gasteiger partial charge in [-0.2, -0.15) is 9.29 Å². The Morgan fingerprint density at radius 1 is 1.12 bits per heavy atom. The number of benzene rings is 2. The molecule has 2 aromatic heterocycles. The van der Waals surface area contributed by atoms with Crippen molar-refractivity contribution in [2.75, 3.05) is 12.4 Å². The van der Waals surface area contributed by atoms with E-state index in [1.807, 2.05) is 30.3 Å². The number of sulfonamides is 1. The van der Waals surface area contributed by atoms with Gasteiger partial charge < -0.3 is 4.52 Å². The van der Waals surface area contributed by atoms with Gasteiger partial charge in [0, 0.05) is 23.2 Å². The highest BCUT2D eigenvalue weighted by Crippen LogP contribution is 2.24. The van der Waals surface area contributed by atoms with E-state index >= 15 is 0 Å². The van der Waals surface area contributed by atoms with E-state index in [0.29, 0.717) is 16.4 Å². The smallest absolute Gasteiger partial charge is 0.272 e. The van der Waals surface area contributed by atoms with E-state index in [0.717, 1.165) is 21.2 Å². The molecule has 2 heterocycles. The maximum atomic E-state index is 12.8. The van der Waals surface area contributed by atoms with Crippen molar-refractivity contribution in [1.29, 1.82) is 0 Å². The number of halogens is 1. The Morgan fingerprint density at radius 2 is 1.84 bits per heavy atom. The second-order valence-electron chi connectivity index (χ2n) is 6.47. The first-order valence-corrected chi connectivity index (χ1v) is 11.7. The second kappa shape index (κ2) is 9.12. The number of amides is 1. The molecule has 1 N–H and O–H groups in total. The van der Waals surface area contributed by atoms with E-state index in [1.165, 1.54) is 19.2 Å². The fourth-order valence-corrected chi connectivity index (χ4v) is 4.90. The molecule has 0 saturated heterocycles. The molecular weight excluding hydrogens is 476 g/mol. The highest BCUT2D eigenvalue weighted by molar-refractivity contribution is 7.91. The Kier molecular flexibility index (Phi) is 6.28. The van der Waals surface area contributed by atoms with Gasteiger partial charge in [0.2, 0.25) is 21.2 Å². The van der Waals surface area contributed by atoms with E-state index in [1.54, 1.807) is 12.1 Å². The van der Waals surface area contributed by atoms with Crippen LogP contribution in [0.4, 0.5) is 5.13 Å². The van der Waals surface area contributed by atoms with Crippen LogP contribution in [0.1, 0.15) is 16.2 Å². The molecule has 0 radical (unpaired) electrons. The van der Waals surface area contributed by atoms with Crippen molar-refractivity contribution in [3.05, 3.63) is 71.1 Å². The van der Waals surface area contributed by atoms with Crippen LogP contribution in [0, 0.1) is 0 Å². The van der Waals surface area contributed by atoms with Crippen LogP contribution in [0.15, 0.2) is 63.5 Å². The zero-order chi connectivity index (χ0) is 22.7. The number of nitrogens with one attached hydrogen (secondary N) is 1. The van der Waals surface area contributed by atoms with Crippen molar-refractivity contribution in [3.63, 3.8) is 0 Å². The van der Waals surface area contributed by atoms with Gasteiger partial charge in [-0.3, -0.25) is 10.1 Å². The Labute approximate surface area is 191 Å². The Balaban J connectivity index is 1.44. The zero-order valence-electron chi connectivity index (χ0n) is 16.5. The summed E-state index contributed by atoms with van der Waals surface area (Å²) in [4.78, 5) is 16.5. The van der Waals surface area contributed by atoms with Gasteiger partial charge in [0.25, 0.3) is 15.9 Å². The molecule has 0 saturated carbocycles. The zero-order valence-corrected chi connectivity index (χ0v) is 18.9. The summed E-state index contributed by atoms with van der Waals surface area (Å²) in [5, 5.41) is 14.4. The molecular formula is C19H15ClN6O4S2. The van der Waals surface area contributed by atoms with Gasteiger partial charge in [0.1, 0.15) is 0 Å². The first-order valence-electron chi connectivity index (χ1n) is 9.08. The highest BCUT2D eigenvalue weighted by Gasteiger charge is 2.28. The largest absolute Gasteiger partial charge is 0.338 e. The molecule has 0 aliphatic carbocycles. The molecule has 0 spiro atoms. The summed E-state index contributed by atoms with van der Waals surface area (Å²) < 4.78 is 31.6. The molecule has 32 heavy (non-hydrogen) atoms. The summed E-state index contributed by atoms with van der Waals surface area (Å²) in [5.74, 6) is 0.0136. The SMILES string of the molecule is CN(Cc1nc(-c2ccccc2)no1)S(=O)(=O)c1nnc(NC(=O)c2ccc(Cl)cc2)s1. The third kappa shape index (κ3) is 4.83. The summed E-state index contributed by atoms with van der Waals surface area (Å²) in [7, 11) is -2.64. The lowest BCUT2D eigenvalue weighted by Gasteiger charge is -2.11. The number of aromatic nitrogens is 4. The summed E-state index contributed by atoms with van der Waals surface area (Å²) >= 11 is 6.54. The van der Waals surface area contributed by atoms with Crippen molar-refractivity contribution in [3.8, 4) is 11.4 Å². The number of nitrogens with zero attached hydrogens (tertiary/aromatic N) is 5. The Bertz CT molecular complexity index is 1340. The van der Waals surface area contributed by atoms with E-state index in [9.17, 15) is 13.2 Å². The molecule has 0 aliphatic heterocycles. The molecule has 1 amide bonds. The summed E-state index contributed by atoms with van der Waals surface area (Å²) in [5.41, 5.74) is 1.09. The second-order valence-corrected chi connectivity index (χ2v) is 10.1. The van der Waals surface area contributed by atoms with Gasteiger partial charge in [-0.1, -0.05) is 58.4 Å². The summed E-state index contributed by atoms with van der Waals surface area (Å²) in [6.45, 7) is -0.159. The van der Waals surface area contributed by atoms with E-state index < -0.39 is 15.9 Å². The van der Waals surface area contributed by atoms with Crippen molar-refractivity contribution >= 4 is 44.0 Å². The van der Waals surface area contributed by atoms with Crippen molar-refractivity contribution in [1.82, 2.24) is 24.6 Å². The third-order valence-corrected chi connectivity index (χ3v) is 7.46. The van der Waals surface area contributed by atoms with Gasteiger partial charge in [0.05, 0.1) is 6.54 Å². The fourth-order valence-electron chi connectivity index (χ4n) is 2.57. The fraction of sp³-hybridized carbons (Fsp3) is 0.105. The molecule has 4 aromatic rings. The predicted molar refractivity (Wildman–Crippen MR) is 118 cm³/mol. The van der Waals surface area contributed by atoms with Gasteiger partial charge >= 0.3 is 0 Å². The molecule has 0 fully saturated rings. The van der Waals surface area contributed by atoms with Crippen LogP contribution >= 0.6 is 22.9 Å². The topological polar surface area (TPSA) is 131 Å². The first kappa shape index (κ1) is 22.0. The lowest BCUT2D eigenvalue weighted by atomic mass is 10.2. The lowest BCUT2D eigenvalue weighted by molar-refractivity contribution is 0.102. The van der Waals surface area contributed by atoms with Gasteiger partial charge in [0.15, 0.2) is 0 Å². The average molecular weight is 491 g/mol. The van der Waals surface area contributed by atoms with E-state index in [-0.39, 0.29) is 21.9 Å². The summed E-state index contributed by atoms with van der Waals surface area (Å²) in [6.07, 6.45) is 0. The van der Waals surface area contributed by atoms with Crippen LogP contribution in [0.25, 0.3) is 11.4 Å². The number of anilines is 1. The van der Waals surface area contributed by atoms with Gasteiger partial charge in [-0.25, -0.2) is 8.42 Å². The van der Waals surface area contributed by atoms with E-state index in [2.05, 4.69) is 25.7 Å². The Morgan fingerprint density at radius 3 is 2.56 bits per heavy atom. The van der Waals surface area contributed by atoms with Crippen LogP contribution < -0.4 is 5.32 Å². The molecule has 0 aliphatic rings. The first-order chi connectivity index (χ1) is 15.3. The molecule has 0 unspecified atom stereocenters. The van der Waals surface area contributed by atoms with Crippen LogP contribution in [-0.4, -0.2) is 46.0 Å².